The fourth-order valence-electron chi connectivity index (χ4n) is 3.20. The zero-order valence-corrected chi connectivity index (χ0v) is 13.2. The fourth-order valence-corrected chi connectivity index (χ4v) is 3.20. The number of aromatic nitrogens is 4. The Hall–Kier alpha value is -2.96. The summed E-state index contributed by atoms with van der Waals surface area (Å²) in [7, 11) is 0. The van der Waals surface area contributed by atoms with Gasteiger partial charge in [-0.2, -0.15) is 9.50 Å². The molecule has 0 bridgehead atoms. The first-order valence-corrected chi connectivity index (χ1v) is 7.94. The van der Waals surface area contributed by atoms with E-state index in [4.69, 9.17) is 0 Å². The predicted molar refractivity (Wildman–Crippen MR) is 88.1 cm³/mol. The van der Waals surface area contributed by atoms with E-state index in [2.05, 4.69) is 32.5 Å². The number of hydrogen-bond acceptors (Lipinski definition) is 4. The van der Waals surface area contributed by atoms with Gasteiger partial charge in [0.25, 0.3) is 17.2 Å². The maximum atomic E-state index is 12.5. The van der Waals surface area contributed by atoms with Gasteiger partial charge in [-0.3, -0.25) is 14.7 Å². The molecule has 2 aromatic heterocycles. The van der Waals surface area contributed by atoms with E-state index < -0.39 is 11.5 Å². The predicted octanol–water partition coefficient (Wildman–Crippen LogP) is 1.01. The molecule has 0 radical (unpaired) electrons. The number of aryl methyl sites for hydroxylation is 2. The van der Waals surface area contributed by atoms with E-state index in [-0.39, 0.29) is 17.4 Å². The summed E-state index contributed by atoms with van der Waals surface area (Å²) in [6, 6.07) is 8.28. The minimum Gasteiger partial charge on any atom is -0.349 e. The lowest BCUT2D eigenvalue weighted by molar-refractivity contribution is 0.0931. The maximum Gasteiger partial charge on any atom is 0.286 e. The smallest absolute Gasteiger partial charge is 0.286 e. The monoisotopic (exact) mass is 323 g/mol. The van der Waals surface area contributed by atoms with Gasteiger partial charge in [-0.25, -0.2) is 4.98 Å². The van der Waals surface area contributed by atoms with E-state index in [0.717, 1.165) is 19.3 Å². The van der Waals surface area contributed by atoms with Crippen LogP contribution in [-0.4, -0.2) is 31.5 Å². The van der Waals surface area contributed by atoms with Gasteiger partial charge < -0.3 is 5.32 Å². The molecule has 0 saturated heterocycles. The second-order valence-electron chi connectivity index (χ2n) is 6.10. The molecule has 7 heteroatoms. The molecule has 0 fully saturated rings. The fraction of sp³-hybridized carbons (Fsp3) is 0.294. The first-order chi connectivity index (χ1) is 11.6. The van der Waals surface area contributed by atoms with Crippen LogP contribution in [0.2, 0.25) is 0 Å². The molecule has 1 aliphatic rings. The minimum atomic E-state index is -0.436. The highest BCUT2D eigenvalue weighted by molar-refractivity contribution is 5.93. The zero-order valence-electron chi connectivity index (χ0n) is 13.2. The number of nitrogens with zero attached hydrogens (tertiary/aromatic N) is 3. The van der Waals surface area contributed by atoms with Crippen LogP contribution in [0.3, 0.4) is 0 Å². The molecule has 1 aliphatic carbocycles. The number of hydrogen-bond donors (Lipinski definition) is 2. The van der Waals surface area contributed by atoms with Crippen LogP contribution in [0.15, 0.2) is 35.3 Å². The van der Waals surface area contributed by atoms with E-state index in [9.17, 15) is 9.59 Å². The Bertz CT molecular complexity index is 988. The van der Waals surface area contributed by atoms with Gasteiger partial charge >= 0.3 is 0 Å². The van der Waals surface area contributed by atoms with Crippen molar-refractivity contribution in [2.75, 3.05) is 0 Å². The third-order valence-corrected chi connectivity index (χ3v) is 4.41. The first kappa shape index (κ1) is 14.6. The Morgan fingerprint density at radius 2 is 2.12 bits per heavy atom. The molecule has 0 spiro atoms. The SMILES string of the molecule is Cc1nc2ncc(C(=O)N[C@H]3CCc4ccccc4C3)c(=O)n2[nH]1. The summed E-state index contributed by atoms with van der Waals surface area (Å²) in [4.78, 5) is 33.1. The van der Waals surface area contributed by atoms with Gasteiger partial charge in [0.1, 0.15) is 11.4 Å². The Kier molecular flexibility index (Phi) is 3.41. The Balaban J connectivity index is 1.57. The number of benzene rings is 1. The molecule has 0 aliphatic heterocycles. The number of H-pyrrole nitrogens is 1. The summed E-state index contributed by atoms with van der Waals surface area (Å²) in [5.41, 5.74) is 2.17. The van der Waals surface area contributed by atoms with Crippen molar-refractivity contribution < 1.29 is 4.79 Å². The van der Waals surface area contributed by atoms with Crippen LogP contribution in [0, 0.1) is 6.92 Å². The molecule has 0 saturated carbocycles. The summed E-state index contributed by atoms with van der Waals surface area (Å²) in [5, 5.41) is 5.75. The summed E-state index contributed by atoms with van der Waals surface area (Å²) in [5.74, 6) is 0.445. The standard InChI is InChI=1S/C17H17N5O2/c1-10-19-17-18-9-14(16(24)22(17)21-10)15(23)20-13-7-6-11-4-2-3-5-12(11)8-13/h2-5,9,13H,6-8H2,1H3,(H,20,23)(H,18,19,21)/t13-/m0/s1. The quantitative estimate of drug-likeness (QED) is 0.736. The van der Waals surface area contributed by atoms with Gasteiger partial charge in [0.15, 0.2) is 0 Å². The average Bonchev–Trinajstić information content (AvgIpc) is 2.96. The molecule has 0 unspecified atom stereocenters. The van der Waals surface area contributed by atoms with Crippen molar-refractivity contribution in [1.29, 1.82) is 0 Å². The van der Waals surface area contributed by atoms with Gasteiger partial charge in [-0.15, -0.1) is 0 Å². The summed E-state index contributed by atoms with van der Waals surface area (Å²) in [6.45, 7) is 1.73. The number of carbonyl (C=O) groups excluding carboxylic acids is 1. The summed E-state index contributed by atoms with van der Waals surface area (Å²) >= 11 is 0. The number of aromatic amines is 1. The molecular formula is C17H17N5O2. The molecule has 1 aromatic carbocycles. The molecule has 4 rings (SSSR count). The van der Waals surface area contributed by atoms with E-state index in [1.54, 1.807) is 6.92 Å². The van der Waals surface area contributed by atoms with Gasteiger partial charge in [0.05, 0.1) is 0 Å². The third kappa shape index (κ3) is 2.47. The second-order valence-corrected chi connectivity index (χ2v) is 6.10. The van der Waals surface area contributed by atoms with Crippen LogP contribution in [0.25, 0.3) is 5.78 Å². The van der Waals surface area contributed by atoms with E-state index in [0.29, 0.717) is 5.82 Å². The van der Waals surface area contributed by atoms with Crippen LogP contribution in [0.5, 0.6) is 0 Å². The van der Waals surface area contributed by atoms with Crippen LogP contribution in [-0.2, 0) is 12.8 Å². The molecule has 1 atom stereocenters. The molecule has 7 nitrogen and oxygen atoms in total. The van der Waals surface area contributed by atoms with Crippen molar-refractivity contribution in [2.24, 2.45) is 0 Å². The molecule has 3 aromatic rings. The first-order valence-electron chi connectivity index (χ1n) is 7.94. The number of fused-ring (bicyclic) bond motifs is 2. The van der Waals surface area contributed by atoms with Crippen molar-refractivity contribution in [2.45, 2.75) is 32.2 Å². The van der Waals surface area contributed by atoms with E-state index in [1.165, 1.54) is 21.8 Å². The summed E-state index contributed by atoms with van der Waals surface area (Å²) < 4.78 is 1.19. The molecule has 24 heavy (non-hydrogen) atoms. The number of carbonyl (C=O) groups is 1. The minimum absolute atomic E-state index is 0.0232. The highest BCUT2D eigenvalue weighted by atomic mass is 16.2. The lowest BCUT2D eigenvalue weighted by atomic mass is 9.88. The molecular weight excluding hydrogens is 306 g/mol. The highest BCUT2D eigenvalue weighted by Crippen LogP contribution is 2.21. The van der Waals surface area contributed by atoms with Crippen molar-refractivity contribution in [3.05, 3.63) is 63.3 Å². The van der Waals surface area contributed by atoms with Crippen LogP contribution in [0.1, 0.15) is 33.7 Å². The van der Waals surface area contributed by atoms with Crippen LogP contribution in [0.4, 0.5) is 0 Å². The third-order valence-electron chi connectivity index (χ3n) is 4.41. The van der Waals surface area contributed by atoms with E-state index >= 15 is 0 Å². The van der Waals surface area contributed by atoms with Gasteiger partial charge in [-0.1, -0.05) is 24.3 Å². The van der Waals surface area contributed by atoms with E-state index in [1.807, 2.05) is 12.1 Å². The topological polar surface area (TPSA) is 92.2 Å². The molecule has 2 heterocycles. The molecule has 122 valence electrons. The van der Waals surface area contributed by atoms with Crippen LogP contribution >= 0.6 is 0 Å². The van der Waals surface area contributed by atoms with Gasteiger partial charge in [0, 0.05) is 12.2 Å². The van der Waals surface area contributed by atoms with Crippen molar-refractivity contribution in [3.63, 3.8) is 0 Å². The molecule has 2 N–H and O–H groups in total. The highest BCUT2D eigenvalue weighted by Gasteiger charge is 2.22. The summed E-state index contributed by atoms with van der Waals surface area (Å²) in [6.07, 6.45) is 3.87. The van der Waals surface area contributed by atoms with Crippen molar-refractivity contribution >= 4 is 11.7 Å². The molecule has 1 amide bonds. The Morgan fingerprint density at radius 1 is 1.33 bits per heavy atom. The van der Waals surface area contributed by atoms with Gasteiger partial charge in [-0.05, 0) is 37.3 Å². The Morgan fingerprint density at radius 3 is 2.96 bits per heavy atom. The number of nitrogens with one attached hydrogen (secondary N) is 2. The van der Waals surface area contributed by atoms with Crippen molar-refractivity contribution in [1.82, 2.24) is 24.9 Å². The average molecular weight is 323 g/mol. The second kappa shape index (κ2) is 5.59. The lowest BCUT2D eigenvalue weighted by Gasteiger charge is -2.25. The maximum absolute atomic E-state index is 12.5. The van der Waals surface area contributed by atoms with Crippen LogP contribution < -0.4 is 10.9 Å². The van der Waals surface area contributed by atoms with Crippen molar-refractivity contribution in [3.8, 4) is 0 Å². The zero-order chi connectivity index (χ0) is 16.7. The lowest BCUT2D eigenvalue weighted by Crippen LogP contribution is -2.41. The van der Waals surface area contributed by atoms with Gasteiger partial charge in [0.2, 0.25) is 0 Å². The normalized spacial score (nSPS) is 16.8. The largest absolute Gasteiger partial charge is 0.349 e. The number of rotatable bonds is 2. The number of amides is 1. The Labute approximate surface area is 137 Å².